The fourth-order valence-corrected chi connectivity index (χ4v) is 5.85. The van der Waals surface area contributed by atoms with E-state index in [2.05, 4.69) is 43.5 Å². The molecule has 2 atom stereocenters. The van der Waals surface area contributed by atoms with Gasteiger partial charge in [-0.05, 0) is 38.5 Å². The second kappa shape index (κ2) is 30.6. The lowest BCUT2D eigenvalue weighted by Gasteiger charge is -2.21. The van der Waals surface area contributed by atoms with Crippen molar-refractivity contribution in [3.63, 3.8) is 0 Å². The summed E-state index contributed by atoms with van der Waals surface area (Å²) in [5, 5.41) is 13.1. The third-order valence-corrected chi connectivity index (χ3v) is 8.58. The Balaban J connectivity index is 4.03. The molecule has 0 rings (SSSR count). The van der Waals surface area contributed by atoms with Crippen LogP contribution in [-0.4, -0.2) is 41.9 Å². The molecule has 0 aromatic rings. The average Bonchev–Trinajstić information content (AvgIpc) is 2.96. The topological polar surface area (TPSA) is 104 Å². The molecule has 0 aliphatic carbocycles. The normalized spacial score (nSPS) is 13.9. The molecule has 6 nitrogen and oxygen atoms in total. The monoisotopic (exact) mass is 625 g/mol. The van der Waals surface area contributed by atoms with E-state index in [-0.39, 0.29) is 12.3 Å². The average molecular weight is 626 g/mol. The van der Waals surface area contributed by atoms with Gasteiger partial charge in [0.1, 0.15) is 0 Å². The first-order valence-corrected chi connectivity index (χ1v) is 19.3. The van der Waals surface area contributed by atoms with E-state index in [0.29, 0.717) is 6.42 Å². The molecule has 0 saturated carbocycles. The van der Waals surface area contributed by atoms with Crippen molar-refractivity contribution in [1.29, 1.82) is 0 Å². The molecule has 0 fully saturated rings. The van der Waals surface area contributed by atoms with E-state index in [9.17, 15) is 22.9 Å². The molecular weight excluding hydrogens is 558 g/mol. The van der Waals surface area contributed by atoms with Gasteiger partial charge in [0.15, 0.2) is 0 Å². The molecule has 43 heavy (non-hydrogen) atoms. The second-order valence-electron chi connectivity index (χ2n) is 12.1. The minimum Gasteiger partial charge on any atom is -0.387 e. The number of hydrogen-bond donors (Lipinski definition) is 3. The number of amides is 1. The van der Waals surface area contributed by atoms with Crippen molar-refractivity contribution in [2.24, 2.45) is 0 Å². The van der Waals surface area contributed by atoms with Gasteiger partial charge in [-0.25, -0.2) is 0 Å². The van der Waals surface area contributed by atoms with Gasteiger partial charge in [-0.3, -0.25) is 9.35 Å². The number of nitrogens with one attached hydrogen (secondary N) is 1. The highest BCUT2D eigenvalue weighted by molar-refractivity contribution is 7.85. The number of aliphatic hydroxyl groups excluding tert-OH is 1. The molecular formula is C36H67NO5S. The summed E-state index contributed by atoms with van der Waals surface area (Å²) in [6, 6.07) is -1.07. The molecule has 1 amide bonds. The third-order valence-electron chi connectivity index (χ3n) is 7.80. The lowest BCUT2D eigenvalue weighted by molar-refractivity contribution is -0.122. The van der Waals surface area contributed by atoms with Crippen LogP contribution in [0.1, 0.15) is 168 Å². The predicted octanol–water partition coefficient (Wildman–Crippen LogP) is 9.79. The van der Waals surface area contributed by atoms with E-state index in [0.717, 1.165) is 44.9 Å². The molecule has 3 N–H and O–H groups in total. The number of hydrogen-bond acceptors (Lipinski definition) is 4. The van der Waals surface area contributed by atoms with Gasteiger partial charge >= 0.3 is 0 Å². The Morgan fingerprint density at radius 3 is 1.44 bits per heavy atom. The summed E-state index contributed by atoms with van der Waals surface area (Å²) in [5.41, 5.74) is 0. The van der Waals surface area contributed by atoms with Crippen LogP contribution in [0, 0.1) is 0 Å². The van der Waals surface area contributed by atoms with E-state index in [1.54, 1.807) is 6.08 Å². The highest BCUT2D eigenvalue weighted by Crippen LogP contribution is 2.14. The van der Waals surface area contributed by atoms with Gasteiger partial charge < -0.3 is 10.4 Å². The van der Waals surface area contributed by atoms with Crippen LogP contribution in [0.4, 0.5) is 0 Å². The molecule has 252 valence electrons. The van der Waals surface area contributed by atoms with E-state index in [4.69, 9.17) is 0 Å². The lowest BCUT2D eigenvalue weighted by atomic mass is 10.0. The molecule has 0 aliphatic rings. The quantitative estimate of drug-likeness (QED) is 0.0404. The van der Waals surface area contributed by atoms with Gasteiger partial charge in [0, 0.05) is 6.42 Å². The van der Waals surface area contributed by atoms with Crippen LogP contribution in [-0.2, 0) is 14.9 Å². The first kappa shape index (κ1) is 41.6. The Bertz CT molecular complexity index is 821. The van der Waals surface area contributed by atoms with E-state index in [1.807, 2.05) is 0 Å². The van der Waals surface area contributed by atoms with Gasteiger partial charge in [-0.1, -0.05) is 159 Å². The fraction of sp³-hybridized carbons (Fsp3) is 0.806. The molecule has 2 unspecified atom stereocenters. The summed E-state index contributed by atoms with van der Waals surface area (Å²) in [5.74, 6) is -1.01. The maximum atomic E-state index is 12.4. The summed E-state index contributed by atoms with van der Waals surface area (Å²) in [6.45, 7) is 4.45. The third kappa shape index (κ3) is 31.8. The molecule has 0 saturated heterocycles. The zero-order chi connectivity index (χ0) is 31.9. The first-order valence-electron chi connectivity index (χ1n) is 17.7. The minimum absolute atomic E-state index is 0.287. The molecule has 0 aliphatic heterocycles. The Kier molecular flexibility index (Phi) is 29.6. The molecule has 0 aromatic heterocycles. The molecule has 0 aromatic carbocycles. The Morgan fingerprint density at radius 2 is 1.00 bits per heavy atom. The highest BCUT2D eigenvalue weighted by Gasteiger charge is 2.24. The van der Waals surface area contributed by atoms with Gasteiger partial charge in [0.05, 0.1) is 17.9 Å². The number of allylic oxidation sites excluding steroid dienone is 5. The van der Waals surface area contributed by atoms with E-state index in [1.165, 1.54) is 102 Å². The summed E-state index contributed by atoms with van der Waals surface area (Å²) in [6.07, 6.45) is 38.4. The summed E-state index contributed by atoms with van der Waals surface area (Å²) in [4.78, 5) is 12.4. The van der Waals surface area contributed by atoms with E-state index < -0.39 is 28.0 Å². The maximum absolute atomic E-state index is 12.4. The highest BCUT2D eigenvalue weighted by atomic mass is 32.2. The van der Waals surface area contributed by atoms with Crippen molar-refractivity contribution in [1.82, 2.24) is 5.32 Å². The number of rotatable bonds is 31. The SMILES string of the molecule is CCCC/C=C/CC/C=C/CC/C=C/C(O)C(CS(=O)(=O)O)NC(=O)CCCCCCCCCCCCCCCCCC. The first-order chi connectivity index (χ1) is 20.8. The largest absolute Gasteiger partial charge is 0.387 e. The maximum Gasteiger partial charge on any atom is 0.267 e. The number of carbonyl (C=O) groups excluding carboxylic acids is 1. The van der Waals surface area contributed by atoms with Crippen LogP contribution in [0.25, 0.3) is 0 Å². The molecule has 0 bridgehead atoms. The fourth-order valence-electron chi connectivity index (χ4n) is 5.11. The van der Waals surface area contributed by atoms with Crippen LogP contribution >= 0.6 is 0 Å². The standard InChI is InChI=1S/C36H67NO5S/c1-3-5-7-9-11-13-15-17-18-19-20-22-24-26-28-30-32-36(39)37-34(33-43(40,41)42)35(38)31-29-27-25-23-21-16-14-12-10-8-6-4-2/h10,12,21,23,29,31,34-35,38H,3-9,11,13-20,22,24-28,30,32-33H2,1-2H3,(H,37,39)(H,40,41,42)/b12-10+,23-21+,31-29+. The summed E-state index contributed by atoms with van der Waals surface area (Å²) < 4.78 is 32.3. The summed E-state index contributed by atoms with van der Waals surface area (Å²) >= 11 is 0. The predicted molar refractivity (Wildman–Crippen MR) is 184 cm³/mol. The Morgan fingerprint density at radius 1 is 0.605 bits per heavy atom. The zero-order valence-electron chi connectivity index (χ0n) is 27.8. The molecule has 0 spiro atoms. The van der Waals surface area contributed by atoms with E-state index >= 15 is 0 Å². The van der Waals surface area contributed by atoms with Crippen LogP contribution in [0.2, 0.25) is 0 Å². The van der Waals surface area contributed by atoms with Crippen LogP contribution in [0.3, 0.4) is 0 Å². The van der Waals surface area contributed by atoms with Gasteiger partial charge in [-0.15, -0.1) is 0 Å². The summed E-state index contributed by atoms with van der Waals surface area (Å²) in [7, 11) is -4.35. The van der Waals surface area contributed by atoms with Crippen LogP contribution in [0.5, 0.6) is 0 Å². The minimum atomic E-state index is -4.35. The lowest BCUT2D eigenvalue weighted by Crippen LogP contribution is -2.46. The Labute approximate surface area is 266 Å². The van der Waals surface area contributed by atoms with Gasteiger partial charge in [0.2, 0.25) is 5.91 Å². The molecule has 7 heteroatoms. The number of aliphatic hydroxyl groups is 1. The zero-order valence-corrected chi connectivity index (χ0v) is 28.6. The van der Waals surface area contributed by atoms with Gasteiger partial charge in [-0.2, -0.15) is 8.42 Å². The second-order valence-corrected chi connectivity index (χ2v) is 13.6. The molecule has 0 radical (unpaired) electrons. The van der Waals surface area contributed by atoms with Crippen molar-refractivity contribution in [2.75, 3.05) is 5.75 Å². The van der Waals surface area contributed by atoms with Gasteiger partial charge in [0.25, 0.3) is 10.1 Å². The van der Waals surface area contributed by atoms with Crippen LogP contribution < -0.4 is 5.32 Å². The van der Waals surface area contributed by atoms with Crippen molar-refractivity contribution in [3.8, 4) is 0 Å². The smallest absolute Gasteiger partial charge is 0.267 e. The van der Waals surface area contributed by atoms with Crippen molar-refractivity contribution >= 4 is 16.0 Å². The van der Waals surface area contributed by atoms with Crippen molar-refractivity contribution < 1.29 is 22.9 Å². The molecule has 0 heterocycles. The van der Waals surface area contributed by atoms with Crippen molar-refractivity contribution in [3.05, 3.63) is 36.5 Å². The Hall–Kier alpha value is -1.44. The van der Waals surface area contributed by atoms with Crippen molar-refractivity contribution in [2.45, 2.75) is 180 Å². The number of carbonyl (C=O) groups is 1. The number of unbranched alkanes of at least 4 members (excludes halogenated alkanes) is 19. The van der Waals surface area contributed by atoms with Crippen LogP contribution in [0.15, 0.2) is 36.5 Å².